The normalized spacial score (nSPS) is 19.1. The summed E-state index contributed by atoms with van der Waals surface area (Å²) in [6, 6.07) is 5.56. The molecule has 0 aliphatic carbocycles. The van der Waals surface area contributed by atoms with E-state index < -0.39 is 0 Å². The summed E-state index contributed by atoms with van der Waals surface area (Å²) in [7, 11) is 0. The number of hydrogen-bond acceptors (Lipinski definition) is 2. The number of benzene rings is 1. The van der Waals surface area contributed by atoms with Gasteiger partial charge in [-0.2, -0.15) is 0 Å². The van der Waals surface area contributed by atoms with E-state index in [4.69, 9.17) is 23.2 Å². The van der Waals surface area contributed by atoms with Crippen LogP contribution in [-0.4, -0.2) is 35.1 Å². The maximum absolute atomic E-state index is 12.0. The minimum Gasteiger partial charge on any atom is -0.391 e. The second-order valence-electron chi connectivity index (χ2n) is 5.24. The van der Waals surface area contributed by atoms with Crippen molar-refractivity contribution in [3.05, 3.63) is 33.8 Å². The number of carbonyl (C=O) groups is 1. The van der Waals surface area contributed by atoms with Crippen LogP contribution in [0.1, 0.15) is 31.2 Å². The van der Waals surface area contributed by atoms with Gasteiger partial charge in [-0.05, 0) is 43.4 Å². The molecule has 1 saturated heterocycles. The van der Waals surface area contributed by atoms with Crippen molar-refractivity contribution in [3.63, 3.8) is 0 Å². The Morgan fingerprint density at radius 3 is 2.85 bits per heavy atom. The van der Waals surface area contributed by atoms with Crippen molar-refractivity contribution in [2.45, 2.75) is 38.2 Å². The summed E-state index contributed by atoms with van der Waals surface area (Å²) in [4.78, 5) is 13.8. The minimum atomic E-state index is -0.359. The first-order valence-electron chi connectivity index (χ1n) is 6.96. The smallest absolute Gasteiger partial charge is 0.222 e. The highest BCUT2D eigenvalue weighted by Gasteiger charge is 2.21. The van der Waals surface area contributed by atoms with Gasteiger partial charge >= 0.3 is 0 Å². The zero-order valence-corrected chi connectivity index (χ0v) is 12.8. The summed E-state index contributed by atoms with van der Waals surface area (Å²) in [6.07, 6.45) is 3.42. The molecular weight excluding hydrogens is 297 g/mol. The molecule has 1 unspecified atom stereocenters. The minimum absolute atomic E-state index is 0.129. The van der Waals surface area contributed by atoms with Gasteiger partial charge in [0, 0.05) is 19.5 Å². The molecule has 0 radical (unpaired) electrons. The van der Waals surface area contributed by atoms with Gasteiger partial charge in [-0.1, -0.05) is 29.3 Å². The summed E-state index contributed by atoms with van der Waals surface area (Å²) >= 11 is 11.8. The Kier molecular flexibility index (Phi) is 5.70. The predicted molar refractivity (Wildman–Crippen MR) is 81.2 cm³/mol. The number of piperidine rings is 1. The SMILES string of the molecule is O=C(CCCc1ccc(Cl)c(Cl)c1)N1CCCC(O)C1. The van der Waals surface area contributed by atoms with Crippen molar-refractivity contribution >= 4 is 29.1 Å². The van der Waals surface area contributed by atoms with Gasteiger partial charge in [0.2, 0.25) is 5.91 Å². The molecular formula is C15H19Cl2NO2. The number of hydrogen-bond donors (Lipinski definition) is 1. The molecule has 0 aromatic heterocycles. The van der Waals surface area contributed by atoms with Crippen LogP contribution in [0.15, 0.2) is 18.2 Å². The quantitative estimate of drug-likeness (QED) is 0.926. The van der Waals surface area contributed by atoms with E-state index in [1.807, 2.05) is 12.1 Å². The molecule has 1 amide bonds. The van der Waals surface area contributed by atoms with E-state index in [1.165, 1.54) is 0 Å². The third-order valence-electron chi connectivity index (χ3n) is 3.59. The summed E-state index contributed by atoms with van der Waals surface area (Å²) in [5.41, 5.74) is 1.09. The average Bonchev–Trinajstić information content (AvgIpc) is 2.42. The lowest BCUT2D eigenvalue weighted by Crippen LogP contribution is -2.42. The first-order valence-corrected chi connectivity index (χ1v) is 7.71. The van der Waals surface area contributed by atoms with Crippen LogP contribution < -0.4 is 0 Å². The molecule has 1 aliphatic rings. The molecule has 1 atom stereocenters. The van der Waals surface area contributed by atoms with Crippen LogP contribution in [0.4, 0.5) is 0 Å². The first kappa shape index (κ1) is 15.6. The van der Waals surface area contributed by atoms with Gasteiger partial charge in [-0.3, -0.25) is 4.79 Å². The molecule has 0 saturated carbocycles. The second-order valence-corrected chi connectivity index (χ2v) is 6.05. The lowest BCUT2D eigenvalue weighted by molar-refractivity contribution is -0.134. The number of halogens is 2. The number of likely N-dealkylation sites (tertiary alicyclic amines) is 1. The van der Waals surface area contributed by atoms with Crippen molar-refractivity contribution in [2.75, 3.05) is 13.1 Å². The monoisotopic (exact) mass is 315 g/mol. The average molecular weight is 316 g/mol. The Balaban J connectivity index is 1.77. The van der Waals surface area contributed by atoms with Gasteiger partial charge in [0.05, 0.1) is 16.1 Å². The lowest BCUT2D eigenvalue weighted by atomic mass is 10.1. The molecule has 0 spiro atoms. The standard InChI is InChI=1S/C15H19Cl2NO2/c16-13-7-6-11(9-14(13)17)3-1-5-15(20)18-8-2-4-12(19)10-18/h6-7,9,12,19H,1-5,8,10H2. The van der Waals surface area contributed by atoms with E-state index in [2.05, 4.69) is 0 Å². The van der Waals surface area contributed by atoms with E-state index in [9.17, 15) is 9.90 Å². The van der Waals surface area contributed by atoms with Crippen LogP contribution in [-0.2, 0) is 11.2 Å². The Bertz CT molecular complexity index is 479. The fourth-order valence-electron chi connectivity index (χ4n) is 2.48. The fraction of sp³-hybridized carbons (Fsp3) is 0.533. The number of aryl methyl sites for hydroxylation is 1. The number of aliphatic hydroxyl groups is 1. The third-order valence-corrected chi connectivity index (χ3v) is 4.33. The first-order chi connectivity index (χ1) is 9.56. The summed E-state index contributed by atoms with van der Waals surface area (Å²) in [6.45, 7) is 1.24. The van der Waals surface area contributed by atoms with Gasteiger partial charge < -0.3 is 10.0 Å². The number of nitrogens with zero attached hydrogens (tertiary/aromatic N) is 1. The number of rotatable bonds is 4. The molecule has 5 heteroatoms. The molecule has 0 bridgehead atoms. The highest BCUT2D eigenvalue weighted by atomic mass is 35.5. The van der Waals surface area contributed by atoms with Crippen LogP contribution in [0, 0.1) is 0 Å². The van der Waals surface area contributed by atoms with Gasteiger partial charge in [-0.25, -0.2) is 0 Å². The number of carbonyl (C=O) groups excluding carboxylic acids is 1. The van der Waals surface area contributed by atoms with E-state index in [1.54, 1.807) is 11.0 Å². The molecule has 1 aromatic carbocycles. The molecule has 3 nitrogen and oxygen atoms in total. The van der Waals surface area contributed by atoms with E-state index in [0.717, 1.165) is 37.8 Å². The van der Waals surface area contributed by atoms with Gasteiger partial charge in [-0.15, -0.1) is 0 Å². The molecule has 1 N–H and O–H groups in total. The van der Waals surface area contributed by atoms with Crippen LogP contribution in [0.2, 0.25) is 10.0 Å². The number of amides is 1. The maximum atomic E-state index is 12.0. The van der Waals surface area contributed by atoms with Crippen molar-refractivity contribution in [1.82, 2.24) is 4.90 Å². The molecule has 20 heavy (non-hydrogen) atoms. The Morgan fingerprint density at radius 1 is 1.35 bits per heavy atom. The second kappa shape index (κ2) is 7.30. The molecule has 1 fully saturated rings. The molecule has 1 heterocycles. The third kappa shape index (κ3) is 4.37. The van der Waals surface area contributed by atoms with Crippen LogP contribution >= 0.6 is 23.2 Å². The zero-order valence-electron chi connectivity index (χ0n) is 11.3. The highest BCUT2D eigenvalue weighted by Crippen LogP contribution is 2.23. The van der Waals surface area contributed by atoms with Crippen LogP contribution in [0.3, 0.4) is 0 Å². The topological polar surface area (TPSA) is 40.5 Å². The Labute approximate surface area is 129 Å². The zero-order chi connectivity index (χ0) is 14.5. The summed E-state index contributed by atoms with van der Waals surface area (Å²) in [5.74, 6) is 0.129. The number of aliphatic hydroxyl groups excluding tert-OH is 1. The van der Waals surface area contributed by atoms with Gasteiger partial charge in [0.15, 0.2) is 0 Å². The fourth-order valence-corrected chi connectivity index (χ4v) is 2.80. The van der Waals surface area contributed by atoms with Crippen molar-refractivity contribution < 1.29 is 9.90 Å². The maximum Gasteiger partial charge on any atom is 0.222 e. The van der Waals surface area contributed by atoms with Crippen molar-refractivity contribution in [2.24, 2.45) is 0 Å². The molecule has 2 rings (SSSR count). The molecule has 1 aromatic rings. The molecule has 1 aliphatic heterocycles. The van der Waals surface area contributed by atoms with Gasteiger partial charge in [0.1, 0.15) is 0 Å². The Hall–Kier alpha value is -0.770. The van der Waals surface area contributed by atoms with Crippen molar-refractivity contribution in [3.8, 4) is 0 Å². The van der Waals surface area contributed by atoms with E-state index in [0.29, 0.717) is 23.0 Å². The largest absolute Gasteiger partial charge is 0.391 e. The van der Waals surface area contributed by atoms with Crippen molar-refractivity contribution in [1.29, 1.82) is 0 Å². The Morgan fingerprint density at radius 2 is 2.15 bits per heavy atom. The summed E-state index contributed by atoms with van der Waals surface area (Å²) in [5, 5.41) is 10.7. The van der Waals surface area contributed by atoms with E-state index >= 15 is 0 Å². The van der Waals surface area contributed by atoms with Crippen LogP contribution in [0.5, 0.6) is 0 Å². The number of β-amino-alcohol motifs (C(OH)–C–C–N with tert-alkyl or cyclic N) is 1. The molecule has 110 valence electrons. The lowest BCUT2D eigenvalue weighted by Gasteiger charge is -2.30. The summed E-state index contributed by atoms with van der Waals surface area (Å²) < 4.78 is 0. The predicted octanol–water partition coefficient (Wildman–Crippen LogP) is 3.30. The highest BCUT2D eigenvalue weighted by molar-refractivity contribution is 6.42. The van der Waals surface area contributed by atoms with Gasteiger partial charge in [0.25, 0.3) is 0 Å². The van der Waals surface area contributed by atoms with Crippen LogP contribution in [0.25, 0.3) is 0 Å². The van der Waals surface area contributed by atoms with E-state index in [-0.39, 0.29) is 12.0 Å².